The SMILES string of the molecule is COc1ccc(-c2nc(-c3ccc4c(c3)[nH]c(=O)c(=O)n4CC(C)C)no2)cc1OC. The number of H-pyrrole nitrogens is 1. The molecular weight excluding hydrogens is 400 g/mol. The first-order chi connectivity index (χ1) is 14.9. The lowest BCUT2D eigenvalue weighted by atomic mass is 10.1. The average Bonchev–Trinajstić information content (AvgIpc) is 3.26. The maximum absolute atomic E-state index is 12.3. The van der Waals surface area contributed by atoms with Gasteiger partial charge in [0.2, 0.25) is 5.82 Å². The molecule has 9 heteroatoms. The van der Waals surface area contributed by atoms with Gasteiger partial charge < -0.3 is 23.5 Å². The summed E-state index contributed by atoms with van der Waals surface area (Å²) in [6.45, 7) is 4.43. The van der Waals surface area contributed by atoms with Crippen molar-refractivity contribution in [2.45, 2.75) is 20.4 Å². The fraction of sp³-hybridized carbons (Fsp3) is 0.273. The van der Waals surface area contributed by atoms with Crippen molar-refractivity contribution in [3.63, 3.8) is 0 Å². The van der Waals surface area contributed by atoms with Crippen molar-refractivity contribution in [1.29, 1.82) is 0 Å². The molecule has 0 radical (unpaired) electrons. The summed E-state index contributed by atoms with van der Waals surface area (Å²) < 4.78 is 17.5. The van der Waals surface area contributed by atoms with Crippen LogP contribution in [0.25, 0.3) is 33.9 Å². The smallest absolute Gasteiger partial charge is 0.316 e. The van der Waals surface area contributed by atoms with E-state index in [0.29, 0.717) is 51.9 Å². The van der Waals surface area contributed by atoms with E-state index in [1.54, 1.807) is 50.6 Å². The number of ether oxygens (including phenoxy) is 2. The first-order valence-electron chi connectivity index (χ1n) is 9.74. The fourth-order valence-electron chi connectivity index (χ4n) is 3.39. The minimum Gasteiger partial charge on any atom is -0.493 e. The third-order valence-electron chi connectivity index (χ3n) is 4.84. The summed E-state index contributed by atoms with van der Waals surface area (Å²) in [4.78, 5) is 31.5. The van der Waals surface area contributed by atoms with Crippen molar-refractivity contribution in [2.75, 3.05) is 14.2 Å². The molecular formula is C22H22N4O5. The number of nitrogens with one attached hydrogen (secondary N) is 1. The van der Waals surface area contributed by atoms with Gasteiger partial charge in [-0.05, 0) is 42.3 Å². The Morgan fingerprint density at radius 2 is 1.77 bits per heavy atom. The normalized spacial score (nSPS) is 11.3. The largest absolute Gasteiger partial charge is 0.493 e. The Bertz CT molecular complexity index is 1370. The minimum absolute atomic E-state index is 0.212. The molecule has 0 fully saturated rings. The van der Waals surface area contributed by atoms with Gasteiger partial charge in [0, 0.05) is 17.7 Å². The molecule has 4 aromatic rings. The van der Waals surface area contributed by atoms with E-state index in [4.69, 9.17) is 14.0 Å². The molecule has 0 bridgehead atoms. The summed E-state index contributed by atoms with van der Waals surface area (Å²) in [5.74, 6) is 2.02. The summed E-state index contributed by atoms with van der Waals surface area (Å²) in [6, 6.07) is 10.6. The molecule has 2 heterocycles. The van der Waals surface area contributed by atoms with Crippen LogP contribution in [0.4, 0.5) is 0 Å². The van der Waals surface area contributed by atoms with Crippen molar-refractivity contribution < 1.29 is 14.0 Å². The number of aromatic nitrogens is 4. The van der Waals surface area contributed by atoms with Crippen molar-refractivity contribution in [2.24, 2.45) is 5.92 Å². The summed E-state index contributed by atoms with van der Waals surface area (Å²) >= 11 is 0. The molecule has 0 aliphatic heterocycles. The summed E-state index contributed by atoms with van der Waals surface area (Å²) in [5.41, 5.74) is 1.27. The molecule has 31 heavy (non-hydrogen) atoms. The fourth-order valence-corrected chi connectivity index (χ4v) is 3.39. The number of fused-ring (bicyclic) bond motifs is 1. The van der Waals surface area contributed by atoms with E-state index in [9.17, 15) is 9.59 Å². The van der Waals surface area contributed by atoms with Crippen LogP contribution in [0.5, 0.6) is 11.5 Å². The number of hydrogen-bond acceptors (Lipinski definition) is 7. The van der Waals surface area contributed by atoms with Crippen LogP contribution >= 0.6 is 0 Å². The highest BCUT2D eigenvalue weighted by atomic mass is 16.5. The van der Waals surface area contributed by atoms with E-state index in [1.165, 1.54) is 4.57 Å². The zero-order valence-electron chi connectivity index (χ0n) is 17.6. The van der Waals surface area contributed by atoms with E-state index in [1.807, 2.05) is 13.8 Å². The van der Waals surface area contributed by atoms with Crippen molar-refractivity contribution >= 4 is 11.0 Å². The summed E-state index contributed by atoms with van der Waals surface area (Å²) in [7, 11) is 3.11. The van der Waals surface area contributed by atoms with Crippen LogP contribution in [0, 0.1) is 5.92 Å². The Morgan fingerprint density at radius 3 is 2.48 bits per heavy atom. The monoisotopic (exact) mass is 422 g/mol. The van der Waals surface area contributed by atoms with Gasteiger partial charge >= 0.3 is 11.1 Å². The second-order valence-electron chi connectivity index (χ2n) is 7.49. The molecule has 2 aromatic heterocycles. The topological polar surface area (TPSA) is 112 Å². The predicted molar refractivity (Wildman–Crippen MR) is 115 cm³/mol. The van der Waals surface area contributed by atoms with E-state index in [-0.39, 0.29) is 5.92 Å². The zero-order valence-corrected chi connectivity index (χ0v) is 17.6. The molecule has 0 aliphatic rings. The first kappa shape index (κ1) is 20.4. The maximum atomic E-state index is 12.3. The van der Waals surface area contributed by atoms with Crippen LogP contribution in [-0.4, -0.2) is 33.9 Å². The molecule has 0 unspecified atom stereocenters. The Balaban J connectivity index is 1.75. The molecule has 0 aliphatic carbocycles. The average molecular weight is 422 g/mol. The standard InChI is InChI=1S/C22H22N4O5/c1-12(2)11-26-16-7-5-13(9-15(16)23-20(27)22(26)28)19-24-21(31-25-19)14-6-8-17(29-3)18(10-14)30-4/h5-10,12H,11H2,1-4H3,(H,23,27). The van der Waals surface area contributed by atoms with Crippen molar-refractivity contribution in [3.8, 4) is 34.3 Å². The van der Waals surface area contributed by atoms with E-state index in [2.05, 4.69) is 15.1 Å². The molecule has 0 atom stereocenters. The Hall–Kier alpha value is -3.88. The lowest BCUT2D eigenvalue weighted by Crippen LogP contribution is -2.37. The molecule has 0 spiro atoms. The van der Waals surface area contributed by atoms with Crippen LogP contribution in [0.15, 0.2) is 50.5 Å². The lowest BCUT2D eigenvalue weighted by Gasteiger charge is -2.12. The van der Waals surface area contributed by atoms with Gasteiger partial charge in [0.25, 0.3) is 5.89 Å². The van der Waals surface area contributed by atoms with Crippen molar-refractivity contribution in [1.82, 2.24) is 19.7 Å². The Kier molecular flexibility index (Phi) is 5.33. The van der Waals surface area contributed by atoms with Crippen LogP contribution in [0.1, 0.15) is 13.8 Å². The van der Waals surface area contributed by atoms with Gasteiger partial charge in [-0.15, -0.1) is 0 Å². The zero-order chi connectivity index (χ0) is 22.1. The van der Waals surface area contributed by atoms with Gasteiger partial charge in [-0.2, -0.15) is 4.98 Å². The second-order valence-corrected chi connectivity index (χ2v) is 7.49. The van der Waals surface area contributed by atoms with Gasteiger partial charge in [0.1, 0.15) is 0 Å². The maximum Gasteiger partial charge on any atom is 0.316 e. The van der Waals surface area contributed by atoms with E-state index in [0.717, 1.165) is 0 Å². The molecule has 2 aromatic carbocycles. The number of aromatic amines is 1. The van der Waals surface area contributed by atoms with E-state index < -0.39 is 11.1 Å². The number of rotatable bonds is 6. The molecule has 0 saturated carbocycles. The van der Waals surface area contributed by atoms with Gasteiger partial charge in [-0.25, -0.2) is 0 Å². The van der Waals surface area contributed by atoms with Gasteiger partial charge in [-0.3, -0.25) is 9.59 Å². The van der Waals surface area contributed by atoms with Crippen LogP contribution in [0.2, 0.25) is 0 Å². The van der Waals surface area contributed by atoms with Crippen molar-refractivity contribution in [3.05, 3.63) is 57.1 Å². The number of nitrogens with zero attached hydrogens (tertiary/aromatic N) is 3. The number of benzene rings is 2. The highest BCUT2D eigenvalue weighted by Crippen LogP contribution is 2.32. The molecule has 0 saturated heterocycles. The highest BCUT2D eigenvalue weighted by molar-refractivity contribution is 5.80. The Morgan fingerprint density at radius 1 is 1.03 bits per heavy atom. The van der Waals surface area contributed by atoms with Gasteiger partial charge in [0.05, 0.1) is 25.3 Å². The molecule has 4 rings (SSSR count). The number of hydrogen-bond donors (Lipinski definition) is 1. The minimum atomic E-state index is -0.663. The van der Waals surface area contributed by atoms with Gasteiger partial charge in [0.15, 0.2) is 11.5 Å². The second kappa shape index (κ2) is 8.10. The molecule has 1 N–H and O–H groups in total. The van der Waals surface area contributed by atoms with Crippen LogP contribution < -0.4 is 20.6 Å². The first-order valence-corrected chi connectivity index (χ1v) is 9.74. The Labute approximate surface area is 177 Å². The van der Waals surface area contributed by atoms with Crippen LogP contribution in [-0.2, 0) is 6.54 Å². The lowest BCUT2D eigenvalue weighted by molar-refractivity contribution is 0.355. The predicted octanol–water partition coefficient (Wildman–Crippen LogP) is 3.08. The summed E-state index contributed by atoms with van der Waals surface area (Å²) in [6.07, 6.45) is 0. The summed E-state index contributed by atoms with van der Waals surface area (Å²) in [5, 5.41) is 4.06. The highest BCUT2D eigenvalue weighted by Gasteiger charge is 2.15. The van der Waals surface area contributed by atoms with E-state index >= 15 is 0 Å². The van der Waals surface area contributed by atoms with Crippen LogP contribution in [0.3, 0.4) is 0 Å². The third-order valence-corrected chi connectivity index (χ3v) is 4.84. The molecule has 0 amide bonds. The number of methoxy groups -OCH3 is 2. The molecule has 9 nitrogen and oxygen atoms in total. The molecule has 160 valence electrons. The third kappa shape index (κ3) is 3.81. The quantitative estimate of drug-likeness (QED) is 0.475. The van der Waals surface area contributed by atoms with Gasteiger partial charge in [-0.1, -0.05) is 19.0 Å².